The Balaban J connectivity index is 1.16. The molecule has 0 atom stereocenters. The maximum atomic E-state index is 10.1. The van der Waals surface area contributed by atoms with Crippen molar-refractivity contribution >= 4 is 65.4 Å². The summed E-state index contributed by atoms with van der Waals surface area (Å²) in [5.41, 5.74) is 12.9. The van der Waals surface area contributed by atoms with Crippen molar-refractivity contribution in [3.05, 3.63) is 188 Å². The summed E-state index contributed by atoms with van der Waals surface area (Å²) >= 11 is 0. The Kier molecular flexibility index (Phi) is 6.28. The van der Waals surface area contributed by atoms with Gasteiger partial charge in [0.15, 0.2) is 0 Å². The van der Waals surface area contributed by atoms with Gasteiger partial charge in [-0.2, -0.15) is 5.26 Å². The first kappa shape index (κ1) is 29.4. The Morgan fingerprint density at radius 1 is 0.321 bits per heavy atom. The van der Waals surface area contributed by atoms with Gasteiger partial charge < -0.3 is 13.7 Å². The van der Waals surface area contributed by atoms with E-state index in [1.165, 1.54) is 48.9 Å². The molecule has 4 nitrogen and oxygen atoms in total. The molecule has 0 saturated carbocycles. The Labute approximate surface area is 305 Å². The van der Waals surface area contributed by atoms with Gasteiger partial charge in [-0.05, 0) is 83.9 Å². The quantitative estimate of drug-likeness (QED) is 0.183. The van der Waals surface area contributed by atoms with Crippen molar-refractivity contribution in [2.24, 2.45) is 0 Å². The number of hydrogen-bond donors (Lipinski definition) is 0. The first-order valence-corrected chi connectivity index (χ1v) is 17.9. The molecular formula is C49H30N4. The molecular weight excluding hydrogens is 645 g/mol. The van der Waals surface area contributed by atoms with E-state index in [-0.39, 0.29) is 0 Å². The SMILES string of the molecule is N#Cc1ccc(-n2c3ccccc3c3cc(-c4ccc5c6ccccc6n(-c6ccccc6)c5c4)ccc32)c(-n2c3ccccc3c3ccccc32)c1. The number of aromatic nitrogens is 3. The number of nitriles is 1. The molecule has 0 spiro atoms. The maximum Gasteiger partial charge on any atom is 0.0992 e. The molecule has 0 bridgehead atoms. The Bertz CT molecular complexity index is 3240. The lowest BCUT2D eigenvalue weighted by Crippen LogP contribution is -2.04. The first-order chi connectivity index (χ1) is 26.3. The van der Waals surface area contributed by atoms with Gasteiger partial charge in [0.25, 0.3) is 0 Å². The molecule has 246 valence electrons. The van der Waals surface area contributed by atoms with E-state index in [2.05, 4.69) is 190 Å². The van der Waals surface area contributed by atoms with Crippen LogP contribution in [0.2, 0.25) is 0 Å². The van der Waals surface area contributed by atoms with Crippen molar-refractivity contribution in [1.29, 1.82) is 5.26 Å². The van der Waals surface area contributed by atoms with Crippen LogP contribution in [0.5, 0.6) is 0 Å². The molecule has 0 saturated heterocycles. The van der Waals surface area contributed by atoms with Crippen LogP contribution < -0.4 is 0 Å². The second-order valence-corrected chi connectivity index (χ2v) is 13.7. The lowest BCUT2D eigenvalue weighted by molar-refractivity contribution is 1.09. The van der Waals surface area contributed by atoms with Crippen LogP contribution in [0.25, 0.3) is 93.6 Å². The minimum Gasteiger partial charge on any atom is -0.309 e. The lowest BCUT2D eigenvalue weighted by Gasteiger charge is -2.17. The second-order valence-electron chi connectivity index (χ2n) is 13.7. The number of hydrogen-bond acceptors (Lipinski definition) is 1. The van der Waals surface area contributed by atoms with Crippen LogP contribution in [0.15, 0.2) is 182 Å². The number of benzene rings is 8. The zero-order chi connectivity index (χ0) is 35.0. The van der Waals surface area contributed by atoms with E-state index in [9.17, 15) is 5.26 Å². The van der Waals surface area contributed by atoms with E-state index in [0.29, 0.717) is 5.56 Å². The van der Waals surface area contributed by atoms with E-state index < -0.39 is 0 Å². The van der Waals surface area contributed by atoms with Crippen LogP contribution in [0.1, 0.15) is 5.56 Å². The molecule has 0 aliphatic heterocycles. The van der Waals surface area contributed by atoms with E-state index in [1.807, 2.05) is 12.1 Å². The Morgan fingerprint density at radius 3 is 1.42 bits per heavy atom. The predicted octanol–water partition coefficient (Wildman–Crippen LogP) is 12.5. The summed E-state index contributed by atoms with van der Waals surface area (Å²) < 4.78 is 7.06. The van der Waals surface area contributed by atoms with E-state index >= 15 is 0 Å². The number of rotatable bonds is 4. The van der Waals surface area contributed by atoms with Crippen LogP contribution >= 0.6 is 0 Å². The van der Waals surface area contributed by atoms with Crippen molar-refractivity contribution in [1.82, 2.24) is 13.7 Å². The highest BCUT2D eigenvalue weighted by atomic mass is 15.1. The third-order valence-corrected chi connectivity index (χ3v) is 10.9. The second kappa shape index (κ2) is 11.3. The fourth-order valence-electron chi connectivity index (χ4n) is 8.56. The smallest absolute Gasteiger partial charge is 0.0992 e. The van der Waals surface area contributed by atoms with Crippen molar-refractivity contribution in [3.63, 3.8) is 0 Å². The minimum absolute atomic E-state index is 0.622. The van der Waals surface area contributed by atoms with Gasteiger partial charge in [0, 0.05) is 38.0 Å². The number of fused-ring (bicyclic) bond motifs is 9. The Morgan fingerprint density at radius 2 is 0.792 bits per heavy atom. The van der Waals surface area contributed by atoms with Crippen molar-refractivity contribution in [2.75, 3.05) is 0 Å². The summed E-state index contributed by atoms with van der Waals surface area (Å²) in [5.74, 6) is 0. The average molecular weight is 675 g/mol. The monoisotopic (exact) mass is 674 g/mol. The van der Waals surface area contributed by atoms with Gasteiger partial charge in [-0.25, -0.2) is 0 Å². The molecule has 4 heteroatoms. The van der Waals surface area contributed by atoms with E-state index in [0.717, 1.165) is 44.7 Å². The highest BCUT2D eigenvalue weighted by Gasteiger charge is 2.20. The molecule has 8 aromatic carbocycles. The van der Waals surface area contributed by atoms with Gasteiger partial charge in [0.05, 0.1) is 56.1 Å². The standard InChI is InChI=1S/C49H30N4/c50-31-32-22-26-47(49(28-32)53-43-19-9-5-14-36(43)37-15-6-10-20-44(37)53)52-45-21-11-7-17-39(45)41-29-33(24-27-46(41)52)34-23-25-40-38-16-4-8-18-42(38)51(48(40)30-34)35-12-2-1-3-13-35/h1-30H. The molecule has 3 heterocycles. The van der Waals surface area contributed by atoms with Crippen LogP contribution in [0.3, 0.4) is 0 Å². The molecule has 0 aliphatic rings. The molecule has 3 aromatic heterocycles. The highest BCUT2D eigenvalue weighted by Crippen LogP contribution is 2.41. The van der Waals surface area contributed by atoms with Gasteiger partial charge in [-0.1, -0.05) is 109 Å². The van der Waals surface area contributed by atoms with Gasteiger partial charge in [-0.15, -0.1) is 0 Å². The summed E-state index contributed by atoms with van der Waals surface area (Å²) in [6.45, 7) is 0. The molecule has 0 N–H and O–H groups in total. The molecule has 11 rings (SSSR count). The van der Waals surface area contributed by atoms with Gasteiger partial charge in [-0.3, -0.25) is 0 Å². The van der Waals surface area contributed by atoms with Crippen LogP contribution in [0, 0.1) is 11.3 Å². The van der Waals surface area contributed by atoms with Gasteiger partial charge in [0.2, 0.25) is 0 Å². The molecule has 0 amide bonds. The third-order valence-electron chi connectivity index (χ3n) is 10.9. The molecule has 0 radical (unpaired) electrons. The maximum absolute atomic E-state index is 10.1. The lowest BCUT2D eigenvalue weighted by atomic mass is 10.0. The van der Waals surface area contributed by atoms with E-state index in [4.69, 9.17) is 0 Å². The van der Waals surface area contributed by atoms with Gasteiger partial charge in [0.1, 0.15) is 0 Å². The fraction of sp³-hybridized carbons (Fsp3) is 0. The summed E-state index contributed by atoms with van der Waals surface area (Å²) in [4.78, 5) is 0. The Hall–Kier alpha value is -7.35. The minimum atomic E-state index is 0.622. The van der Waals surface area contributed by atoms with Crippen LogP contribution in [0.4, 0.5) is 0 Å². The van der Waals surface area contributed by atoms with Crippen molar-refractivity contribution in [2.45, 2.75) is 0 Å². The van der Waals surface area contributed by atoms with Crippen LogP contribution in [-0.2, 0) is 0 Å². The molecule has 53 heavy (non-hydrogen) atoms. The largest absolute Gasteiger partial charge is 0.309 e. The van der Waals surface area contributed by atoms with Crippen molar-refractivity contribution in [3.8, 4) is 34.3 Å². The van der Waals surface area contributed by atoms with Gasteiger partial charge >= 0.3 is 0 Å². The molecule has 0 fully saturated rings. The molecule has 0 aliphatic carbocycles. The van der Waals surface area contributed by atoms with E-state index in [1.54, 1.807) is 0 Å². The molecule has 0 unspecified atom stereocenters. The van der Waals surface area contributed by atoms with Crippen LogP contribution in [-0.4, -0.2) is 13.7 Å². The summed E-state index contributed by atoms with van der Waals surface area (Å²) in [6.07, 6.45) is 0. The predicted molar refractivity (Wildman–Crippen MR) is 220 cm³/mol. The molecule has 11 aromatic rings. The highest BCUT2D eigenvalue weighted by molar-refractivity contribution is 6.13. The summed E-state index contributed by atoms with van der Waals surface area (Å²) in [5, 5.41) is 17.3. The summed E-state index contributed by atoms with van der Waals surface area (Å²) in [6, 6.07) is 67.2. The zero-order valence-corrected chi connectivity index (χ0v) is 28.6. The summed E-state index contributed by atoms with van der Waals surface area (Å²) in [7, 11) is 0. The average Bonchev–Trinajstić information content (AvgIpc) is 3.86. The fourth-order valence-corrected chi connectivity index (χ4v) is 8.56. The zero-order valence-electron chi connectivity index (χ0n) is 28.6. The topological polar surface area (TPSA) is 38.6 Å². The third kappa shape index (κ3) is 4.29. The number of para-hydroxylation sites is 5. The first-order valence-electron chi connectivity index (χ1n) is 17.9. The van der Waals surface area contributed by atoms with Crippen molar-refractivity contribution < 1.29 is 0 Å². The normalized spacial score (nSPS) is 11.8. The number of nitrogens with zero attached hydrogens (tertiary/aromatic N) is 4.